The van der Waals surface area contributed by atoms with Gasteiger partial charge in [-0.3, -0.25) is 4.79 Å². The number of carbonyl (C=O) groups excluding carboxylic acids is 1. The van der Waals surface area contributed by atoms with Gasteiger partial charge in [-0.05, 0) is 20.8 Å². The van der Waals surface area contributed by atoms with Crippen LogP contribution in [-0.2, 0) is 4.79 Å². The highest BCUT2D eigenvalue weighted by molar-refractivity contribution is 8.00. The van der Waals surface area contributed by atoms with Crippen LogP contribution in [0.15, 0.2) is 11.2 Å². The molecule has 0 saturated carbocycles. The van der Waals surface area contributed by atoms with E-state index in [0.29, 0.717) is 5.16 Å². The summed E-state index contributed by atoms with van der Waals surface area (Å²) in [6.45, 7) is 5.50. The van der Waals surface area contributed by atoms with Gasteiger partial charge in [-0.25, -0.2) is 9.97 Å². The average molecular weight is 251 g/mol. The topological polar surface area (TPSA) is 86.2 Å². The number of fused-ring (bicyclic) bond motifs is 1. The summed E-state index contributed by atoms with van der Waals surface area (Å²) in [7, 11) is 0. The molecule has 2 rings (SSSR count). The van der Waals surface area contributed by atoms with Gasteiger partial charge in [0.05, 0.1) is 5.25 Å². The maximum atomic E-state index is 11.0. The summed E-state index contributed by atoms with van der Waals surface area (Å²) in [5, 5.41) is 4.46. The SMILES string of the molecule is Cc1cc2nc(SC(C)C(N)=O)nn2c(C)n1. The summed E-state index contributed by atoms with van der Waals surface area (Å²) in [6.07, 6.45) is 0. The second kappa shape index (κ2) is 4.33. The normalized spacial score (nSPS) is 12.9. The Balaban J connectivity index is 2.38. The number of nitrogens with zero attached hydrogens (tertiary/aromatic N) is 4. The second-order valence-corrected chi connectivity index (χ2v) is 5.08. The molecular formula is C10H13N5OS. The van der Waals surface area contributed by atoms with E-state index in [-0.39, 0.29) is 11.2 Å². The van der Waals surface area contributed by atoms with Gasteiger partial charge >= 0.3 is 0 Å². The Hall–Kier alpha value is -1.63. The van der Waals surface area contributed by atoms with Crippen LogP contribution in [0.2, 0.25) is 0 Å². The van der Waals surface area contributed by atoms with E-state index in [1.165, 1.54) is 11.8 Å². The van der Waals surface area contributed by atoms with Crippen LogP contribution in [0.25, 0.3) is 5.65 Å². The van der Waals surface area contributed by atoms with Gasteiger partial charge in [-0.2, -0.15) is 4.52 Å². The first-order chi connectivity index (χ1) is 7.97. The smallest absolute Gasteiger partial charge is 0.230 e. The van der Waals surface area contributed by atoms with Crippen molar-refractivity contribution in [3.05, 3.63) is 17.6 Å². The molecule has 1 atom stereocenters. The van der Waals surface area contributed by atoms with Crippen molar-refractivity contribution in [1.82, 2.24) is 19.6 Å². The van der Waals surface area contributed by atoms with Gasteiger partial charge in [0.2, 0.25) is 11.1 Å². The van der Waals surface area contributed by atoms with Crippen molar-refractivity contribution in [2.45, 2.75) is 31.2 Å². The Kier molecular flexibility index (Phi) is 3.01. The molecule has 1 unspecified atom stereocenters. The molecule has 7 heteroatoms. The molecule has 0 aliphatic rings. The van der Waals surface area contributed by atoms with Gasteiger partial charge in [0.15, 0.2) is 5.65 Å². The summed E-state index contributed by atoms with van der Waals surface area (Å²) >= 11 is 1.25. The second-order valence-electron chi connectivity index (χ2n) is 3.77. The van der Waals surface area contributed by atoms with E-state index >= 15 is 0 Å². The minimum absolute atomic E-state index is 0.346. The molecule has 0 fully saturated rings. The third-order valence-electron chi connectivity index (χ3n) is 2.28. The van der Waals surface area contributed by atoms with Crippen molar-refractivity contribution in [3.8, 4) is 0 Å². The first kappa shape index (κ1) is 11.8. The zero-order chi connectivity index (χ0) is 12.6. The highest BCUT2D eigenvalue weighted by Gasteiger charge is 2.15. The molecule has 2 N–H and O–H groups in total. The molecule has 17 heavy (non-hydrogen) atoms. The predicted octanol–water partition coefficient (Wildman–Crippen LogP) is 0.707. The van der Waals surface area contributed by atoms with Crippen LogP contribution in [-0.4, -0.2) is 30.7 Å². The number of aromatic nitrogens is 4. The lowest BCUT2D eigenvalue weighted by Crippen LogP contribution is -2.22. The lowest BCUT2D eigenvalue weighted by Gasteiger charge is -2.01. The summed E-state index contributed by atoms with van der Waals surface area (Å²) in [5.41, 5.74) is 6.82. The fraction of sp³-hybridized carbons (Fsp3) is 0.400. The maximum absolute atomic E-state index is 11.0. The molecule has 1 amide bonds. The van der Waals surface area contributed by atoms with Crippen molar-refractivity contribution >= 4 is 23.3 Å². The zero-order valence-corrected chi connectivity index (χ0v) is 10.7. The van der Waals surface area contributed by atoms with Crippen LogP contribution in [0.5, 0.6) is 0 Å². The summed E-state index contributed by atoms with van der Waals surface area (Å²) in [4.78, 5) is 19.6. The number of nitrogens with two attached hydrogens (primary N) is 1. The molecule has 0 radical (unpaired) electrons. The van der Waals surface area contributed by atoms with E-state index in [0.717, 1.165) is 17.2 Å². The Morgan fingerprint density at radius 3 is 2.82 bits per heavy atom. The molecular weight excluding hydrogens is 238 g/mol. The van der Waals surface area contributed by atoms with Crippen LogP contribution in [0.4, 0.5) is 0 Å². The van der Waals surface area contributed by atoms with Crippen molar-refractivity contribution in [3.63, 3.8) is 0 Å². The molecule has 0 aliphatic carbocycles. The predicted molar refractivity (Wildman–Crippen MR) is 64.8 cm³/mol. The van der Waals surface area contributed by atoms with Crippen molar-refractivity contribution in [2.24, 2.45) is 5.73 Å². The number of thioether (sulfide) groups is 1. The molecule has 0 saturated heterocycles. The van der Waals surface area contributed by atoms with Crippen LogP contribution in [0.1, 0.15) is 18.4 Å². The molecule has 0 aliphatic heterocycles. The molecule has 2 heterocycles. The van der Waals surface area contributed by atoms with Gasteiger partial charge in [-0.15, -0.1) is 5.10 Å². The monoisotopic (exact) mass is 251 g/mol. The third-order valence-corrected chi connectivity index (χ3v) is 3.25. The summed E-state index contributed by atoms with van der Waals surface area (Å²) < 4.78 is 1.66. The lowest BCUT2D eigenvalue weighted by molar-refractivity contribution is -0.117. The Labute approximate surface area is 103 Å². The average Bonchev–Trinajstić information content (AvgIpc) is 2.60. The number of hydrogen-bond acceptors (Lipinski definition) is 5. The molecule has 0 spiro atoms. The van der Waals surface area contributed by atoms with Crippen LogP contribution in [0, 0.1) is 13.8 Å². The molecule has 2 aromatic rings. The van der Waals surface area contributed by atoms with Crippen LogP contribution in [0.3, 0.4) is 0 Å². The Morgan fingerprint density at radius 1 is 1.47 bits per heavy atom. The van der Waals surface area contributed by atoms with E-state index in [4.69, 9.17) is 5.73 Å². The zero-order valence-electron chi connectivity index (χ0n) is 9.84. The van der Waals surface area contributed by atoms with E-state index in [2.05, 4.69) is 15.1 Å². The molecule has 6 nitrogen and oxygen atoms in total. The number of amides is 1. The fourth-order valence-electron chi connectivity index (χ4n) is 1.42. The molecule has 0 bridgehead atoms. The van der Waals surface area contributed by atoms with Gasteiger partial charge in [0, 0.05) is 11.8 Å². The van der Waals surface area contributed by atoms with Crippen LogP contribution >= 0.6 is 11.8 Å². The van der Waals surface area contributed by atoms with Gasteiger partial charge in [0.1, 0.15) is 5.82 Å². The number of rotatable bonds is 3. The van der Waals surface area contributed by atoms with E-state index in [1.54, 1.807) is 11.4 Å². The lowest BCUT2D eigenvalue weighted by atomic mass is 10.4. The van der Waals surface area contributed by atoms with E-state index in [1.807, 2.05) is 19.9 Å². The first-order valence-corrected chi connectivity index (χ1v) is 6.02. The molecule has 0 aromatic carbocycles. The molecule has 90 valence electrons. The maximum Gasteiger partial charge on any atom is 0.230 e. The largest absolute Gasteiger partial charge is 0.369 e. The number of hydrogen-bond donors (Lipinski definition) is 1. The van der Waals surface area contributed by atoms with Crippen molar-refractivity contribution in [2.75, 3.05) is 0 Å². The number of aryl methyl sites for hydroxylation is 2. The minimum atomic E-state index is -0.375. The van der Waals surface area contributed by atoms with Gasteiger partial charge in [-0.1, -0.05) is 11.8 Å². The Bertz CT molecular complexity index is 579. The highest BCUT2D eigenvalue weighted by atomic mass is 32.2. The summed E-state index contributed by atoms with van der Waals surface area (Å²) in [6, 6.07) is 1.85. The Morgan fingerprint density at radius 2 is 2.18 bits per heavy atom. The van der Waals surface area contributed by atoms with E-state index < -0.39 is 0 Å². The third kappa shape index (κ3) is 2.38. The highest BCUT2D eigenvalue weighted by Crippen LogP contribution is 2.20. The summed E-state index contributed by atoms with van der Waals surface area (Å²) in [5.74, 6) is 0.394. The first-order valence-electron chi connectivity index (χ1n) is 5.14. The minimum Gasteiger partial charge on any atom is -0.369 e. The van der Waals surface area contributed by atoms with Gasteiger partial charge < -0.3 is 5.73 Å². The fourth-order valence-corrected chi connectivity index (χ4v) is 2.13. The van der Waals surface area contributed by atoms with Crippen molar-refractivity contribution in [1.29, 1.82) is 0 Å². The van der Waals surface area contributed by atoms with Gasteiger partial charge in [0.25, 0.3) is 0 Å². The van der Waals surface area contributed by atoms with Crippen molar-refractivity contribution < 1.29 is 4.79 Å². The van der Waals surface area contributed by atoms with Crippen LogP contribution < -0.4 is 5.73 Å². The molecule has 2 aromatic heterocycles. The quantitative estimate of drug-likeness (QED) is 0.812. The number of carbonyl (C=O) groups is 1. The van der Waals surface area contributed by atoms with E-state index in [9.17, 15) is 4.79 Å². The number of primary amides is 1. The standard InChI is InChI=1S/C10H13N5OS/c1-5-4-8-13-10(17-6(2)9(11)16)14-15(8)7(3)12-5/h4,6H,1-3H3,(H2,11,16).